The van der Waals surface area contributed by atoms with Crippen LogP contribution >= 0.6 is 11.3 Å². The van der Waals surface area contributed by atoms with Crippen LogP contribution in [-0.4, -0.2) is 5.91 Å². The Balaban J connectivity index is 1.77. The van der Waals surface area contributed by atoms with Gasteiger partial charge in [0.15, 0.2) is 0 Å². The van der Waals surface area contributed by atoms with Crippen LogP contribution in [0.15, 0.2) is 41.1 Å². The Morgan fingerprint density at radius 2 is 2.11 bits per heavy atom. The summed E-state index contributed by atoms with van der Waals surface area (Å²) in [6, 6.07) is 10.2. The Morgan fingerprint density at radius 3 is 2.83 bits per heavy atom. The number of nitrogens with one attached hydrogen (secondary N) is 1. The van der Waals surface area contributed by atoms with Crippen molar-refractivity contribution in [1.82, 2.24) is 5.32 Å². The maximum absolute atomic E-state index is 11.7. The van der Waals surface area contributed by atoms with Gasteiger partial charge in [0.1, 0.15) is 0 Å². The first-order chi connectivity index (χ1) is 8.75. The smallest absolute Gasteiger partial charge is 0.220 e. The molecule has 0 aliphatic rings. The van der Waals surface area contributed by atoms with E-state index < -0.39 is 0 Å². The van der Waals surface area contributed by atoms with Crippen LogP contribution in [0.5, 0.6) is 0 Å². The van der Waals surface area contributed by atoms with Gasteiger partial charge in [-0.15, -0.1) is 0 Å². The molecule has 2 nitrogen and oxygen atoms in total. The zero-order valence-corrected chi connectivity index (χ0v) is 11.3. The molecule has 0 unspecified atom stereocenters. The lowest BCUT2D eigenvalue weighted by molar-refractivity contribution is -0.121. The monoisotopic (exact) mass is 259 g/mol. The largest absolute Gasteiger partial charge is 0.352 e. The molecule has 18 heavy (non-hydrogen) atoms. The van der Waals surface area contributed by atoms with Gasteiger partial charge >= 0.3 is 0 Å². The zero-order valence-electron chi connectivity index (χ0n) is 10.5. The molecule has 0 fully saturated rings. The third kappa shape index (κ3) is 3.70. The highest BCUT2D eigenvalue weighted by molar-refractivity contribution is 7.07. The Kier molecular flexibility index (Phi) is 4.53. The molecule has 1 heterocycles. The topological polar surface area (TPSA) is 29.1 Å². The third-order valence-electron chi connectivity index (χ3n) is 2.96. The quantitative estimate of drug-likeness (QED) is 0.877. The molecular formula is C15H17NOS. The second-order valence-corrected chi connectivity index (χ2v) is 5.11. The number of aryl methyl sites for hydroxylation is 2. The van der Waals surface area contributed by atoms with E-state index in [1.54, 1.807) is 11.3 Å². The summed E-state index contributed by atoms with van der Waals surface area (Å²) in [7, 11) is 0. The number of carbonyl (C=O) groups is 1. The fraction of sp³-hybridized carbons (Fsp3) is 0.267. The van der Waals surface area contributed by atoms with Gasteiger partial charge in [-0.2, -0.15) is 11.3 Å². The van der Waals surface area contributed by atoms with Crippen molar-refractivity contribution in [3.63, 3.8) is 0 Å². The lowest BCUT2D eigenvalue weighted by atomic mass is 10.1. The highest BCUT2D eigenvalue weighted by Gasteiger charge is 2.03. The maximum Gasteiger partial charge on any atom is 0.220 e. The van der Waals surface area contributed by atoms with Gasteiger partial charge in [-0.3, -0.25) is 4.79 Å². The van der Waals surface area contributed by atoms with E-state index in [-0.39, 0.29) is 5.91 Å². The van der Waals surface area contributed by atoms with Crippen LogP contribution in [0.1, 0.15) is 23.1 Å². The maximum atomic E-state index is 11.7. The molecule has 0 aliphatic carbocycles. The molecule has 1 amide bonds. The van der Waals surface area contributed by atoms with Crippen LogP contribution in [0.2, 0.25) is 0 Å². The highest BCUT2D eigenvalue weighted by Crippen LogP contribution is 2.09. The third-order valence-corrected chi connectivity index (χ3v) is 3.69. The average Bonchev–Trinajstić information content (AvgIpc) is 2.88. The van der Waals surface area contributed by atoms with Crippen LogP contribution in [0.4, 0.5) is 0 Å². The molecular weight excluding hydrogens is 242 g/mol. The predicted octanol–water partition coefficient (Wildman–Crippen LogP) is 3.31. The molecule has 0 atom stereocenters. The molecule has 0 spiro atoms. The van der Waals surface area contributed by atoms with E-state index in [2.05, 4.69) is 35.8 Å². The van der Waals surface area contributed by atoms with Crippen LogP contribution in [-0.2, 0) is 17.8 Å². The van der Waals surface area contributed by atoms with E-state index in [0.717, 1.165) is 6.42 Å². The van der Waals surface area contributed by atoms with Crippen LogP contribution in [0, 0.1) is 6.92 Å². The summed E-state index contributed by atoms with van der Waals surface area (Å²) in [6.07, 6.45) is 1.38. The standard InChI is InChI=1S/C15H17NOS/c1-12-4-2-3-5-14(12)10-16-15(17)7-6-13-8-9-18-11-13/h2-5,8-9,11H,6-7,10H2,1H3,(H,16,17). The normalized spacial score (nSPS) is 10.3. The molecule has 1 aromatic carbocycles. The summed E-state index contributed by atoms with van der Waals surface area (Å²) in [5.41, 5.74) is 3.64. The minimum Gasteiger partial charge on any atom is -0.352 e. The molecule has 0 aliphatic heterocycles. The Hall–Kier alpha value is -1.61. The van der Waals surface area contributed by atoms with Gasteiger partial charge in [0.25, 0.3) is 0 Å². The van der Waals surface area contributed by atoms with Gasteiger partial charge < -0.3 is 5.32 Å². The van der Waals surface area contributed by atoms with Crippen molar-refractivity contribution in [1.29, 1.82) is 0 Å². The number of benzene rings is 1. The molecule has 1 N–H and O–H groups in total. The van der Waals surface area contributed by atoms with Gasteiger partial charge in [0, 0.05) is 13.0 Å². The number of carbonyl (C=O) groups excluding carboxylic acids is 1. The molecule has 0 bridgehead atoms. The molecule has 1 aromatic heterocycles. The second kappa shape index (κ2) is 6.36. The SMILES string of the molecule is Cc1ccccc1CNC(=O)CCc1ccsc1. The summed E-state index contributed by atoms with van der Waals surface area (Å²) in [5, 5.41) is 7.10. The van der Waals surface area contributed by atoms with E-state index in [1.165, 1.54) is 16.7 Å². The number of rotatable bonds is 5. The average molecular weight is 259 g/mol. The summed E-state index contributed by atoms with van der Waals surface area (Å²) in [4.78, 5) is 11.7. The molecule has 94 valence electrons. The van der Waals surface area contributed by atoms with E-state index in [9.17, 15) is 4.79 Å². The van der Waals surface area contributed by atoms with Gasteiger partial charge in [-0.25, -0.2) is 0 Å². The predicted molar refractivity (Wildman–Crippen MR) is 75.7 cm³/mol. The van der Waals surface area contributed by atoms with Crippen molar-refractivity contribution in [2.45, 2.75) is 26.3 Å². The second-order valence-electron chi connectivity index (χ2n) is 4.33. The molecule has 0 radical (unpaired) electrons. The number of hydrogen-bond donors (Lipinski definition) is 1. The fourth-order valence-corrected chi connectivity index (χ4v) is 2.49. The first kappa shape index (κ1) is 12.8. The molecule has 0 saturated heterocycles. The van der Waals surface area contributed by atoms with Crippen LogP contribution < -0.4 is 5.32 Å². The van der Waals surface area contributed by atoms with Crippen molar-refractivity contribution in [2.24, 2.45) is 0 Å². The Labute approximate surface area is 112 Å². The summed E-state index contributed by atoms with van der Waals surface area (Å²) >= 11 is 1.67. The van der Waals surface area contributed by atoms with E-state index in [1.807, 2.05) is 17.5 Å². The highest BCUT2D eigenvalue weighted by atomic mass is 32.1. The molecule has 3 heteroatoms. The van der Waals surface area contributed by atoms with E-state index in [4.69, 9.17) is 0 Å². The summed E-state index contributed by atoms with van der Waals surface area (Å²) in [5.74, 6) is 0.115. The fourth-order valence-electron chi connectivity index (χ4n) is 1.78. The molecule has 0 saturated carbocycles. The number of hydrogen-bond acceptors (Lipinski definition) is 2. The van der Waals surface area contributed by atoms with Crippen molar-refractivity contribution in [3.8, 4) is 0 Å². The summed E-state index contributed by atoms with van der Waals surface area (Å²) < 4.78 is 0. The lowest BCUT2D eigenvalue weighted by Gasteiger charge is -2.07. The van der Waals surface area contributed by atoms with Gasteiger partial charge in [0.05, 0.1) is 0 Å². The van der Waals surface area contributed by atoms with E-state index >= 15 is 0 Å². The van der Waals surface area contributed by atoms with Crippen molar-refractivity contribution in [3.05, 3.63) is 57.8 Å². The van der Waals surface area contributed by atoms with Gasteiger partial charge in [0.2, 0.25) is 5.91 Å². The lowest BCUT2D eigenvalue weighted by Crippen LogP contribution is -2.23. The van der Waals surface area contributed by atoms with Crippen molar-refractivity contribution >= 4 is 17.2 Å². The van der Waals surface area contributed by atoms with E-state index in [0.29, 0.717) is 13.0 Å². The summed E-state index contributed by atoms with van der Waals surface area (Å²) in [6.45, 7) is 2.68. The van der Waals surface area contributed by atoms with Crippen molar-refractivity contribution < 1.29 is 4.79 Å². The zero-order chi connectivity index (χ0) is 12.8. The minimum absolute atomic E-state index is 0.115. The molecule has 2 aromatic rings. The van der Waals surface area contributed by atoms with Gasteiger partial charge in [-0.1, -0.05) is 24.3 Å². The first-order valence-corrected chi connectivity index (χ1v) is 7.02. The van der Waals surface area contributed by atoms with Gasteiger partial charge in [-0.05, 0) is 46.9 Å². The Morgan fingerprint density at radius 1 is 1.28 bits per heavy atom. The first-order valence-electron chi connectivity index (χ1n) is 6.08. The van der Waals surface area contributed by atoms with Crippen LogP contribution in [0.3, 0.4) is 0 Å². The van der Waals surface area contributed by atoms with Crippen LogP contribution in [0.25, 0.3) is 0 Å². The minimum atomic E-state index is 0.115. The number of thiophene rings is 1. The Bertz CT molecular complexity index is 505. The number of amides is 1. The molecule has 2 rings (SSSR count). The van der Waals surface area contributed by atoms with Crippen molar-refractivity contribution in [2.75, 3.05) is 0 Å².